The van der Waals surface area contributed by atoms with Gasteiger partial charge in [0.15, 0.2) is 5.69 Å². The van der Waals surface area contributed by atoms with Crippen LogP contribution in [-0.4, -0.2) is 87.6 Å². The lowest BCUT2D eigenvalue weighted by Gasteiger charge is -2.40. The summed E-state index contributed by atoms with van der Waals surface area (Å²) in [6, 6.07) is 27.8. The molecule has 4 heterocycles. The number of carbonyl (C=O) groups is 2. The molecule has 288 valence electrons. The maximum Gasteiger partial charge on any atom is 0.260 e. The number of aromatic nitrogens is 3. The van der Waals surface area contributed by atoms with Gasteiger partial charge in [0.25, 0.3) is 11.8 Å². The van der Waals surface area contributed by atoms with Crippen LogP contribution >= 0.6 is 0 Å². The molecular formula is C43H45N7O6. The van der Waals surface area contributed by atoms with Crippen molar-refractivity contribution in [3.05, 3.63) is 136 Å². The topological polar surface area (TPSA) is 144 Å². The minimum atomic E-state index is -1.11. The molecular weight excluding hydrogens is 711 g/mol. The Balaban J connectivity index is 1.20. The van der Waals surface area contributed by atoms with Gasteiger partial charge in [-0.05, 0) is 60.9 Å². The highest BCUT2D eigenvalue weighted by molar-refractivity contribution is 6.09. The Labute approximate surface area is 324 Å². The first-order valence-electron chi connectivity index (χ1n) is 18.8. The highest BCUT2D eigenvalue weighted by Crippen LogP contribution is 2.35. The van der Waals surface area contributed by atoms with Crippen molar-refractivity contribution in [2.75, 3.05) is 44.9 Å². The van der Waals surface area contributed by atoms with Crippen LogP contribution in [0.4, 0.5) is 11.4 Å². The minimum absolute atomic E-state index is 0.0443. The fourth-order valence-corrected chi connectivity index (χ4v) is 8.00. The van der Waals surface area contributed by atoms with Crippen LogP contribution < -0.4 is 14.9 Å². The van der Waals surface area contributed by atoms with E-state index in [9.17, 15) is 20.0 Å². The van der Waals surface area contributed by atoms with E-state index in [1.54, 1.807) is 36.4 Å². The summed E-state index contributed by atoms with van der Waals surface area (Å²) in [7, 11) is 3.44. The predicted octanol–water partition coefficient (Wildman–Crippen LogP) is 5.04. The van der Waals surface area contributed by atoms with Gasteiger partial charge in [-0.1, -0.05) is 42.5 Å². The Morgan fingerprint density at radius 3 is 2.55 bits per heavy atom. The lowest BCUT2D eigenvalue weighted by molar-refractivity contribution is -0.991. The van der Waals surface area contributed by atoms with Gasteiger partial charge in [0.05, 0.1) is 44.1 Å². The van der Waals surface area contributed by atoms with Crippen LogP contribution in [0.15, 0.2) is 97.2 Å². The van der Waals surface area contributed by atoms with Crippen molar-refractivity contribution in [3.63, 3.8) is 0 Å². The number of anilines is 1. The number of amides is 2. The minimum Gasteiger partial charge on any atom is -0.595 e. The molecule has 1 unspecified atom stereocenters. The van der Waals surface area contributed by atoms with Crippen molar-refractivity contribution in [1.82, 2.24) is 24.6 Å². The van der Waals surface area contributed by atoms with Crippen LogP contribution in [0.25, 0.3) is 22.2 Å². The number of morpholine rings is 1. The molecule has 0 aliphatic carbocycles. The number of ether oxygens (including phenoxy) is 2. The van der Waals surface area contributed by atoms with E-state index in [0.29, 0.717) is 72.2 Å². The van der Waals surface area contributed by atoms with E-state index in [1.165, 1.54) is 11.6 Å². The summed E-state index contributed by atoms with van der Waals surface area (Å²) < 4.78 is 13.1. The Kier molecular flexibility index (Phi) is 10.4. The molecule has 0 spiro atoms. The van der Waals surface area contributed by atoms with Crippen LogP contribution in [-0.2, 0) is 31.3 Å². The normalized spacial score (nSPS) is 16.4. The second kappa shape index (κ2) is 15.7. The summed E-state index contributed by atoms with van der Waals surface area (Å²) in [5, 5.41) is 29.5. The van der Waals surface area contributed by atoms with Gasteiger partial charge in [0.1, 0.15) is 5.75 Å². The Morgan fingerprint density at radius 1 is 1.00 bits per heavy atom. The van der Waals surface area contributed by atoms with Crippen LogP contribution in [0.1, 0.15) is 43.1 Å². The van der Waals surface area contributed by atoms with Crippen LogP contribution in [0.3, 0.4) is 0 Å². The fourth-order valence-electron chi connectivity index (χ4n) is 8.00. The first kappa shape index (κ1) is 37.1. The molecule has 1 saturated heterocycles. The SMILES string of the molecule is COc1ccccc1CN(C(=O)c1cc(-c2cc([NH+]([O-])O)ccc2C(=O)N2Cc3ccccc3C[C@H]2CN2CCOCC2)n(C)c1C)c1ccc2cn[nH]c2c1. The number of benzene rings is 4. The average molecular weight is 756 g/mol. The molecule has 0 radical (unpaired) electrons. The zero-order chi connectivity index (χ0) is 38.9. The standard InChI is InChI=1S/C43H45N7O6/c1-28-37(43(52)48(26-32-10-6-7-11-41(32)55-3)33-13-12-30-24-44-45-39(30)22-33)23-40(46(28)2)38-21-34(50(53)54)14-15-36(38)42(51)49-25-31-9-5-4-8-29(31)20-35(49)27-47-16-18-56-19-17-47/h4-15,21-24,35,50,53H,16-20,25-27H2,1-3H3,(H,44,45)/t35-/m0/s1. The van der Waals surface area contributed by atoms with Crippen molar-refractivity contribution >= 4 is 34.1 Å². The highest BCUT2D eigenvalue weighted by Gasteiger charge is 2.34. The molecule has 13 heteroatoms. The Morgan fingerprint density at radius 2 is 1.77 bits per heavy atom. The van der Waals surface area contributed by atoms with Gasteiger partial charge >= 0.3 is 0 Å². The summed E-state index contributed by atoms with van der Waals surface area (Å²) in [5.41, 5.74) is 7.06. The number of methoxy groups -OCH3 is 1. The number of carbonyl (C=O) groups excluding carboxylic acids is 2. The van der Waals surface area contributed by atoms with E-state index in [-0.39, 0.29) is 30.1 Å². The van der Waals surface area contributed by atoms with E-state index in [2.05, 4.69) is 27.2 Å². The van der Waals surface area contributed by atoms with Gasteiger partial charge in [0.2, 0.25) is 0 Å². The number of fused-ring (bicyclic) bond motifs is 2. The van der Waals surface area contributed by atoms with Crippen LogP contribution in [0, 0.1) is 12.1 Å². The van der Waals surface area contributed by atoms with Gasteiger partial charge in [-0.2, -0.15) is 10.3 Å². The van der Waals surface area contributed by atoms with E-state index in [1.807, 2.05) is 78.0 Å². The number of hydrogen-bond donors (Lipinski definition) is 3. The lowest BCUT2D eigenvalue weighted by atomic mass is 9.92. The molecule has 2 atom stereocenters. The van der Waals surface area contributed by atoms with Gasteiger partial charge in [-0.25, -0.2) is 5.21 Å². The number of nitrogens with one attached hydrogen (secondary N) is 2. The van der Waals surface area contributed by atoms with Crippen LogP contribution in [0.5, 0.6) is 5.75 Å². The monoisotopic (exact) mass is 755 g/mol. The van der Waals surface area contributed by atoms with Crippen molar-refractivity contribution in [2.45, 2.75) is 32.5 Å². The molecule has 2 aliphatic rings. The quantitative estimate of drug-likeness (QED) is 0.165. The largest absolute Gasteiger partial charge is 0.595 e. The van der Waals surface area contributed by atoms with Gasteiger partial charge in [0, 0.05) is 90.6 Å². The van der Waals surface area contributed by atoms with Crippen molar-refractivity contribution in [1.29, 1.82) is 0 Å². The second-order valence-electron chi connectivity index (χ2n) is 14.5. The smallest absolute Gasteiger partial charge is 0.260 e. The Hall–Kier alpha value is -5.83. The number of aromatic amines is 1. The summed E-state index contributed by atoms with van der Waals surface area (Å²) in [5.74, 6) is 0.191. The number of quaternary nitrogens is 1. The number of rotatable bonds is 10. The first-order valence-corrected chi connectivity index (χ1v) is 18.8. The zero-order valence-corrected chi connectivity index (χ0v) is 31.7. The maximum absolute atomic E-state index is 14.9. The van der Waals surface area contributed by atoms with Gasteiger partial charge < -0.3 is 29.0 Å². The van der Waals surface area contributed by atoms with Crippen molar-refractivity contribution < 1.29 is 29.5 Å². The summed E-state index contributed by atoms with van der Waals surface area (Å²) in [4.78, 5) is 35.8. The van der Waals surface area contributed by atoms with E-state index in [0.717, 1.165) is 35.1 Å². The molecule has 4 aromatic carbocycles. The zero-order valence-electron chi connectivity index (χ0n) is 31.7. The Bertz CT molecular complexity index is 2400. The first-order chi connectivity index (χ1) is 27.2. The van der Waals surface area contributed by atoms with Gasteiger partial charge in [-0.3, -0.25) is 19.6 Å². The number of hydrogen-bond acceptors (Lipinski definition) is 8. The molecule has 8 rings (SSSR count). The van der Waals surface area contributed by atoms with E-state index < -0.39 is 5.23 Å². The van der Waals surface area contributed by atoms with Crippen molar-refractivity contribution in [3.8, 4) is 17.0 Å². The van der Waals surface area contributed by atoms with Gasteiger partial charge in [-0.15, -0.1) is 0 Å². The van der Waals surface area contributed by atoms with Crippen molar-refractivity contribution in [2.24, 2.45) is 7.05 Å². The van der Waals surface area contributed by atoms with E-state index in [4.69, 9.17) is 9.47 Å². The summed E-state index contributed by atoms with van der Waals surface area (Å²) in [6.07, 6.45) is 2.44. The molecule has 0 bridgehead atoms. The summed E-state index contributed by atoms with van der Waals surface area (Å²) >= 11 is 0. The highest BCUT2D eigenvalue weighted by atomic mass is 16.8. The lowest BCUT2D eigenvalue weighted by Crippen LogP contribution is -2.99. The fraction of sp³-hybridized carbons (Fsp3) is 0.279. The maximum atomic E-state index is 14.9. The second-order valence-corrected chi connectivity index (χ2v) is 14.5. The molecule has 2 aliphatic heterocycles. The molecule has 3 N–H and O–H groups in total. The molecule has 2 aromatic heterocycles. The third kappa shape index (κ3) is 7.18. The van der Waals surface area contributed by atoms with E-state index >= 15 is 0 Å². The average Bonchev–Trinajstić information content (AvgIpc) is 3.82. The molecule has 56 heavy (non-hydrogen) atoms. The number of nitrogens with zero attached hydrogens (tertiary/aromatic N) is 5. The molecule has 2 amide bonds. The van der Waals surface area contributed by atoms with Crippen LogP contribution in [0.2, 0.25) is 0 Å². The predicted molar refractivity (Wildman–Crippen MR) is 212 cm³/mol. The molecule has 6 aromatic rings. The molecule has 13 nitrogen and oxygen atoms in total. The molecule has 0 saturated carbocycles. The third-order valence-electron chi connectivity index (χ3n) is 11.2. The number of H-pyrrole nitrogens is 1. The molecule has 1 fully saturated rings. The third-order valence-corrected chi connectivity index (χ3v) is 11.2. The number of para-hydroxylation sites is 1. The summed E-state index contributed by atoms with van der Waals surface area (Å²) in [6.45, 7) is 6.09.